The summed E-state index contributed by atoms with van der Waals surface area (Å²) in [5, 5.41) is 0. The predicted octanol–water partition coefficient (Wildman–Crippen LogP) is 4.87. The summed E-state index contributed by atoms with van der Waals surface area (Å²) in [6.45, 7) is 8.09. The zero-order valence-electron chi connectivity index (χ0n) is 17.1. The fraction of sp³-hybridized carbons (Fsp3) is 0.864. The standard InChI is InChI=1S/C22H39NO3/c1-4-6-7-8-9-13-20(24)14-10-12-19-17-22(26-18(3)25-5-2)21-15-11-16-23(19)21/h9,13,18-19,21-22H,4-8,10-12,14-17H2,1-3H3/b13-9+/t18?,19-,21-,22-/m0/s1. The van der Waals surface area contributed by atoms with Crippen molar-refractivity contribution in [3.8, 4) is 0 Å². The molecule has 2 aliphatic heterocycles. The van der Waals surface area contributed by atoms with Gasteiger partial charge in [0.2, 0.25) is 0 Å². The van der Waals surface area contributed by atoms with Gasteiger partial charge in [-0.15, -0.1) is 0 Å². The first kappa shape index (κ1) is 21.6. The molecule has 26 heavy (non-hydrogen) atoms. The SMILES string of the molecule is CCCCC/C=C/C(=O)CCC[C@H]1C[C@H](OC(C)OCC)[C@@H]2CCCN12. The first-order chi connectivity index (χ1) is 12.7. The molecule has 4 nitrogen and oxygen atoms in total. The van der Waals surface area contributed by atoms with E-state index in [0.29, 0.717) is 31.2 Å². The highest BCUT2D eigenvalue weighted by Gasteiger charge is 2.44. The Morgan fingerprint density at radius 1 is 1.27 bits per heavy atom. The molecule has 0 aromatic carbocycles. The van der Waals surface area contributed by atoms with Gasteiger partial charge in [0.05, 0.1) is 6.10 Å². The van der Waals surface area contributed by atoms with Gasteiger partial charge in [0.25, 0.3) is 0 Å². The van der Waals surface area contributed by atoms with Crippen LogP contribution in [0.5, 0.6) is 0 Å². The summed E-state index contributed by atoms with van der Waals surface area (Å²) in [5.41, 5.74) is 0. The van der Waals surface area contributed by atoms with Gasteiger partial charge in [-0.25, -0.2) is 0 Å². The number of fused-ring (bicyclic) bond motifs is 1. The lowest BCUT2D eigenvalue weighted by molar-refractivity contribution is -0.161. The molecule has 0 N–H and O–H groups in total. The van der Waals surface area contributed by atoms with E-state index in [0.717, 1.165) is 25.7 Å². The maximum atomic E-state index is 12.0. The van der Waals surface area contributed by atoms with Crippen LogP contribution in [0, 0.1) is 0 Å². The first-order valence-corrected chi connectivity index (χ1v) is 10.9. The molecule has 150 valence electrons. The minimum Gasteiger partial charge on any atom is -0.353 e. The Hall–Kier alpha value is -0.710. The van der Waals surface area contributed by atoms with Gasteiger partial charge >= 0.3 is 0 Å². The Morgan fingerprint density at radius 2 is 2.12 bits per heavy atom. The molecule has 2 aliphatic rings. The molecule has 0 amide bonds. The van der Waals surface area contributed by atoms with Crippen molar-refractivity contribution in [1.29, 1.82) is 0 Å². The summed E-state index contributed by atoms with van der Waals surface area (Å²) in [5.74, 6) is 0.287. The highest BCUT2D eigenvalue weighted by atomic mass is 16.7. The van der Waals surface area contributed by atoms with E-state index in [-0.39, 0.29) is 12.1 Å². The van der Waals surface area contributed by atoms with Gasteiger partial charge in [0.15, 0.2) is 12.1 Å². The zero-order chi connectivity index (χ0) is 18.8. The average Bonchev–Trinajstić information content (AvgIpc) is 3.20. The molecule has 0 spiro atoms. The molecule has 0 radical (unpaired) electrons. The van der Waals surface area contributed by atoms with Crippen LogP contribution < -0.4 is 0 Å². The molecule has 2 fully saturated rings. The molecule has 0 aliphatic carbocycles. The number of hydrogen-bond donors (Lipinski definition) is 0. The Kier molecular flexibility index (Phi) is 9.87. The van der Waals surface area contributed by atoms with Crippen molar-refractivity contribution in [2.45, 2.75) is 109 Å². The lowest BCUT2D eigenvalue weighted by Gasteiger charge is -2.25. The molecule has 0 aromatic heterocycles. The van der Waals surface area contributed by atoms with Gasteiger partial charge in [-0.1, -0.05) is 25.8 Å². The normalized spacial score (nSPS) is 27.3. The smallest absolute Gasteiger partial charge is 0.155 e. The van der Waals surface area contributed by atoms with Crippen LogP contribution in [-0.4, -0.2) is 48.3 Å². The van der Waals surface area contributed by atoms with Crippen molar-refractivity contribution in [2.75, 3.05) is 13.2 Å². The maximum absolute atomic E-state index is 12.0. The molecule has 2 heterocycles. The van der Waals surface area contributed by atoms with Crippen LogP contribution in [0.3, 0.4) is 0 Å². The van der Waals surface area contributed by atoms with Crippen molar-refractivity contribution < 1.29 is 14.3 Å². The number of carbonyl (C=O) groups excluding carboxylic acids is 1. The van der Waals surface area contributed by atoms with E-state index < -0.39 is 0 Å². The van der Waals surface area contributed by atoms with E-state index in [1.807, 2.05) is 13.8 Å². The van der Waals surface area contributed by atoms with Crippen molar-refractivity contribution in [1.82, 2.24) is 4.90 Å². The quantitative estimate of drug-likeness (QED) is 0.265. The highest BCUT2D eigenvalue weighted by molar-refractivity contribution is 5.89. The zero-order valence-corrected chi connectivity index (χ0v) is 17.1. The van der Waals surface area contributed by atoms with E-state index in [1.165, 1.54) is 38.6 Å². The van der Waals surface area contributed by atoms with Gasteiger partial charge in [-0.2, -0.15) is 0 Å². The fourth-order valence-electron chi connectivity index (χ4n) is 4.50. The van der Waals surface area contributed by atoms with Crippen LogP contribution in [0.1, 0.15) is 85.0 Å². The number of carbonyl (C=O) groups is 1. The molecule has 0 bridgehead atoms. The molecule has 4 heteroatoms. The summed E-state index contributed by atoms with van der Waals surface area (Å²) in [6.07, 6.45) is 15.1. The third kappa shape index (κ3) is 6.79. The number of nitrogens with zero attached hydrogens (tertiary/aromatic N) is 1. The van der Waals surface area contributed by atoms with Crippen LogP contribution >= 0.6 is 0 Å². The minimum atomic E-state index is -0.120. The third-order valence-electron chi connectivity index (χ3n) is 5.75. The molecular weight excluding hydrogens is 326 g/mol. The Bertz CT molecular complexity index is 437. The summed E-state index contributed by atoms with van der Waals surface area (Å²) in [4.78, 5) is 14.7. The topological polar surface area (TPSA) is 38.8 Å². The molecule has 2 saturated heterocycles. The van der Waals surface area contributed by atoms with Crippen molar-refractivity contribution in [2.24, 2.45) is 0 Å². The van der Waals surface area contributed by atoms with Gasteiger partial charge < -0.3 is 9.47 Å². The van der Waals surface area contributed by atoms with Crippen LogP contribution in [0.25, 0.3) is 0 Å². The van der Waals surface area contributed by atoms with Crippen LogP contribution in [0.15, 0.2) is 12.2 Å². The summed E-state index contributed by atoms with van der Waals surface area (Å²) in [6, 6.07) is 1.12. The van der Waals surface area contributed by atoms with E-state index in [2.05, 4.69) is 17.9 Å². The van der Waals surface area contributed by atoms with E-state index in [1.54, 1.807) is 6.08 Å². The Labute approximate surface area is 160 Å². The number of rotatable bonds is 13. The van der Waals surface area contributed by atoms with Crippen LogP contribution in [0.2, 0.25) is 0 Å². The number of hydrogen-bond acceptors (Lipinski definition) is 4. The molecule has 0 aromatic rings. The molecule has 2 rings (SSSR count). The van der Waals surface area contributed by atoms with Crippen molar-refractivity contribution >= 4 is 5.78 Å². The van der Waals surface area contributed by atoms with Gasteiger partial charge in [-0.05, 0) is 71.4 Å². The van der Waals surface area contributed by atoms with Crippen LogP contribution in [0.4, 0.5) is 0 Å². The maximum Gasteiger partial charge on any atom is 0.155 e. The Morgan fingerprint density at radius 3 is 2.88 bits per heavy atom. The second kappa shape index (κ2) is 11.9. The second-order valence-corrected chi connectivity index (χ2v) is 7.79. The van der Waals surface area contributed by atoms with Gasteiger partial charge in [-0.3, -0.25) is 9.69 Å². The predicted molar refractivity (Wildman–Crippen MR) is 106 cm³/mol. The number of unbranched alkanes of at least 4 members (excludes halogenated alkanes) is 3. The van der Waals surface area contributed by atoms with E-state index in [4.69, 9.17) is 9.47 Å². The largest absolute Gasteiger partial charge is 0.353 e. The van der Waals surface area contributed by atoms with E-state index in [9.17, 15) is 4.79 Å². The summed E-state index contributed by atoms with van der Waals surface area (Å²) >= 11 is 0. The van der Waals surface area contributed by atoms with Crippen molar-refractivity contribution in [3.63, 3.8) is 0 Å². The number of ketones is 1. The first-order valence-electron chi connectivity index (χ1n) is 10.9. The fourth-order valence-corrected chi connectivity index (χ4v) is 4.50. The van der Waals surface area contributed by atoms with Crippen LogP contribution in [-0.2, 0) is 14.3 Å². The lowest BCUT2D eigenvalue weighted by atomic mass is 10.0. The minimum absolute atomic E-state index is 0.120. The molecule has 1 unspecified atom stereocenters. The van der Waals surface area contributed by atoms with Gasteiger partial charge in [0, 0.05) is 25.1 Å². The molecule has 0 saturated carbocycles. The molecular formula is C22H39NO3. The molecule has 4 atom stereocenters. The summed E-state index contributed by atoms with van der Waals surface area (Å²) in [7, 11) is 0. The number of allylic oxidation sites excluding steroid dienone is 2. The Balaban J connectivity index is 1.69. The van der Waals surface area contributed by atoms with Gasteiger partial charge in [0.1, 0.15) is 0 Å². The third-order valence-corrected chi connectivity index (χ3v) is 5.75. The highest BCUT2D eigenvalue weighted by Crippen LogP contribution is 2.37. The second-order valence-electron chi connectivity index (χ2n) is 7.79. The van der Waals surface area contributed by atoms with Crippen molar-refractivity contribution in [3.05, 3.63) is 12.2 Å². The summed E-state index contributed by atoms with van der Waals surface area (Å²) < 4.78 is 11.7. The van der Waals surface area contributed by atoms with E-state index >= 15 is 0 Å². The number of ether oxygens (including phenoxy) is 2. The lowest BCUT2D eigenvalue weighted by Crippen LogP contribution is -2.35. The average molecular weight is 366 g/mol. The monoisotopic (exact) mass is 365 g/mol.